The van der Waals surface area contributed by atoms with E-state index in [-0.39, 0.29) is 0 Å². The molecule has 7 nitrogen and oxygen atoms in total. The van der Waals surface area contributed by atoms with Crippen LogP contribution in [0.25, 0.3) is 0 Å². The van der Waals surface area contributed by atoms with Gasteiger partial charge in [0.25, 0.3) is 10.1 Å². The van der Waals surface area contributed by atoms with Crippen LogP contribution in [-0.2, 0) is 32.4 Å². The summed E-state index contributed by atoms with van der Waals surface area (Å²) in [4.78, 5) is 0. The molecule has 80 valence electrons. The molecule has 0 saturated heterocycles. The summed E-state index contributed by atoms with van der Waals surface area (Å²) in [5.74, 6) is 0. The molecule has 13 heavy (non-hydrogen) atoms. The molecular formula is C4H11O7PS. The van der Waals surface area contributed by atoms with Gasteiger partial charge in [-0.1, -0.05) is 0 Å². The van der Waals surface area contributed by atoms with Crippen molar-refractivity contribution in [3.05, 3.63) is 0 Å². The molecule has 0 saturated carbocycles. The maximum absolute atomic E-state index is 11.1. The maximum atomic E-state index is 11.1. The van der Waals surface area contributed by atoms with Crippen LogP contribution < -0.4 is 0 Å². The van der Waals surface area contributed by atoms with E-state index in [0.29, 0.717) is 0 Å². The molecule has 0 aliphatic heterocycles. The van der Waals surface area contributed by atoms with Crippen LogP contribution in [0.5, 0.6) is 0 Å². The van der Waals surface area contributed by atoms with E-state index in [1.54, 1.807) is 0 Å². The number of hydrogen-bond donors (Lipinski definition) is 0. The van der Waals surface area contributed by atoms with E-state index in [9.17, 15) is 13.0 Å². The van der Waals surface area contributed by atoms with Gasteiger partial charge >= 0.3 is 7.82 Å². The Morgan fingerprint density at radius 1 is 1.23 bits per heavy atom. The third-order valence-electron chi connectivity index (χ3n) is 0.920. The summed E-state index contributed by atoms with van der Waals surface area (Å²) in [6, 6.07) is 0. The van der Waals surface area contributed by atoms with Crippen LogP contribution in [0.4, 0.5) is 0 Å². The van der Waals surface area contributed by atoms with Gasteiger partial charge in [0, 0.05) is 14.2 Å². The first-order valence-electron chi connectivity index (χ1n) is 3.03. The van der Waals surface area contributed by atoms with Crippen molar-refractivity contribution < 1.29 is 30.7 Å². The van der Waals surface area contributed by atoms with Crippen molar-refractivity contribution >= 4 is 17.9 Å². The number of hydrogen-bond acceptors (Lipinski definition) is 7. The van der Waals surface area contributed by atoms with E-state index < -0.39 is 24.7 Å². The minimum absolute atomic E-state index is 0.711. The molecule has 0 heterocycles. The van der Waals surface area contributed by atoms with Crippen LogP contribution >= 0.6 is 7.82 Å². The molecular weight excluding hydrogens is 223 g/mol. The van der Waals surface area contributed by atoms with E-state index in [2.05, 4.69) is 17.8 Å². The first-order chi connectivity index (χ1) is 5.83. The lowest BCUT2D eigenvalue weighted by Gasteiger charge is -2.12. The fraction of sp³-hybridized carbons (Fsp3) is 1.00. The summed E-state index contributed by atoms with van der Waals surface area (Å²) < 4.78 is 49.2. The van der Waals surface area contributed by atoms with Gasteiger partial charge in [-0.25, -0.2) is 8.75 Å². The SMILES string of the molecule is COP(=O)(OC)OCOS(C)(=O)=O. The second-order valence-corrected chi connectivity index (χ2v) is 5.41. The Balaban J connectivity index is 3.96. The highest BCUT2D eigenvalue weighted by Crippen LogP contribution is 2.47. The van der Waals surface area contributed by atoms with Crippen molar-refractivity contribution in [2.75, 3.05) is 27.3 Å². The Morgan fingerprint density at radius 2 is 1.69 bits per heavy atom. The van der Waals surface area contributed by atoms with Gasteiger partial charge in [-0.3, -0.25) is 13.6 Å². The van der Waals surface area contributed by atoms with Gasteiger partial charge in [0.1, 0.15) is 0 Å². The highest BCUT2D eigenvalue weighted by Gasteiger charge is 2.23. The molecule has 0 rings (SSSR count). The highest BCUT2D eigenvalue weighted by atomic mass is 32.2. The summed E-state index contributed by atoms with van der Waals surface area (Å²) >= 11 is 0. The lowest BCUT2D eigenvalue weighted by molar-refractivity contribution is 0.0716. The average molecular weight is 234 g/mol. The fourth-order valence-corrected chi connectivity index (χ4v) is 1.19. The molecule has 9 heteroatoms. The van der Waals surface area contributed by atoms with Crippen molar-refractivity contribution in [3.8, 4) is 0 Å². The van der Waals surface area contributed by atoms with E-state index in [0.717, 1.165) is 20.5 Å². The summed E-state index contributed by atoms with van der Waals surface area (Å²) in [5.41, 5.74) is 0. The van der Waals surface area contributed by atoms with E-state index in [1.807, 2.05) is 0 Å². The maximum Gasteiger partial charge on any atom is 0.476 e. The third-order valence-corrected chi connectivity index (χ3v) is 2.76. The Morgan fingerprint density at radius 3 is 2.00 bits per heavy atom. The predicted molar refractivity (Wildman–Crippen MR) is 43.5 cm³/mol. The summed E-state index contributed by atoms with van der Waals surface area (Å²) in [6.45, 7) is -0.711. The van der Waals surface area contributed by atoms with Crippen molar-refractivity contribution in [2.45, 2.75) is 0 Å². The molecule has 0 N–H and O–H groups in total. The van der Waals surface area contributed by atoms with Gasteiger partial charge in [0.05, 0.1) is 6.26 Å². The molecule has 0 aromatic carbocycles. The Hall–Kier alpha value is 0.0200. The van der Waals surface area contributed by atoms with Crippen LogP contribution in [0.1, 0.15) is 0 Å². The molecule has 0 aliphatic carbocycles. The lowest BCUT2D eigenvalue weighted by atomic mass is 11.6. The smallest absolute Gasteiger partial charge is 0.290 e. The molecule has 0 aromatic rings. The minimum Gasteiger partial charge on any atom is -0.290 e. The van der Waals surface area contributed by atoms with Crippen molar-refractivity contribution in [1.29, 1.82) is 0 Å². The lowest BCUT2D eigenvalue weighted by Crippen LogP contribution is -2.07. The van der Waals surface area contributed by atoms with Crippen LogP contribution in [0.15, 0.2) is 0 Å². The monoisotopic (exact) mass is 234 g/mol. The minimum atomic E-state index is -3.66. The Labute approximate surface area is 76.7 Å². The van der Waals surface area contributed by atoms with Crippen LogP contribution in [0.2, 0.25) is 0 Å². The molecule has 0 radical (unpaired) electrons. The Kier molecular flexibility index (Phi) is 5.05. The van der Waals surface area contributed by atoms with E-state index in [4.69, 9.17) is 0 Å². The topological polar surface area (TPSA) is 88.1 Å². The second kappa shape index (κ2) is 5.04. The zero-order valence-corrected chi connectivity index (χ0v) is 9.13. The average Bonchev–Trinajstić information content (AvgIpc) is 2.02. The van der Waals surface area contributed by atoms with Crippen LogP contribution in [0.3, 0.4) is 0 Å². The van der Waals surface area contributed by atoms with Gasteiger partial charge < -0.3 is 0 Å². The fourth-order valence-electron chi connectivity index (χ4n) is 0.353. The molecule has 0 aliphatic rings. The largest absolute Gasteiger partial charge is 0.476 e. The zero-order chi connectivity index (χ0) is 10.5. The van der Waals surface area contributed by atoms with Gasteiger partial charge in [-0.15, -0.1) is 0 Å². The quantitative estimate of drug-likeness (QED) is 0.372. The molecule has 0 aromatic heterocycles. The summed E-state index contributed by atoms with van der Waals surface area (Å²) in [5, 5.41) is 0. The molecule has 0 unspecified atom stereocenters. The molecule has 0 bridgehead atoms. The highest BCUT2D eigenvalue weighted by molar-refractivity contribution is 7.85. The van der Waals surface area contributed by atoms with Gasteiger partial charge in [0.2, 0.25) is 0 Å². The first kappa shape index (κ1) is 13.0. The number of phosphoric acid groups is 1. The van der Waals surface area contributed by atoms with Crippen molar-refractivity contribution in [1.82, 2.24) is 0 Å². The zero-order valence-electron chi connectivity index (χ0n) is 7.42. The first-order valence-corrected chi connectivity index (χ1v) is 6.31. The summed E-state index contributed by atoms with van der Waals surface area (Å²) in [6.07, 6.45) is 0.834. The van der Waals surface area contributed by atoms with Gasteiger partial charge in [-0.05, 0) is 0 Å². The molecule has 0 fully saturated rings. The number of rotatable bonds is 6. The molecule has 0 spiro atoms. The van der Waals surface area contributed by atoms with E-state index >= 15 is 0 Å². The molecule has 0 amide bonds. The second-order valence-electron chi connectivity index (χ2n) is 1.88. The van der Waals surface area contributed by atoms with Crippen LogP contribution in [-0.4, -0.2) is 35.7 Å². The van der Waals surface area contributed by atoms with Crippen molar-refractivity contribution in [2.24, 2.45) is 0 Å². The number of phosphoric ester groups is 1. The van der Waals surface area contributed by atoms with Gasteiger partial charge in [-0.2, -0.15) is 8.42 Å². The predicted octanol–water partition coefficient (Wildman–Crippen LogP) is 0.338. The van der Waals surface area contributed by atoms with Gasteiger partial charge in [0.15, 0.2) is 6.79 Å². The van der Waals surface area contributed by atoms with Crippen molar-refractivity contribution in [3.63, 3.8) is 0 Å². The van der Waals surface area contributed by atoms with Crippen LogP contribution in [0, 0.1) is 0 Å². The van der Waals surface area contributed by atoms with E-state index in [1.165, 1.54) is 0 Å². The third kappa shape index (κ3) is 6.14. The standard InChI is InChI=1S/C4H11O7PS/c1-8-12(5,9-2)10-4-11-13(3,6)7/h4H2,1-3H3. The summed E-state index contributed by atoms with van der Waals surface area (Å²) in [7, 11) is -5.07. The molecule has 0 atom stereocenters. The Bertz CT molecular complexity index is 275. The normalized spacial score (nSPS) is 13.2.